The van der Waals surface area contributed by atoms with Crippen LogP contribution in [0.2, 0.25) is 0 Å². The maximum atomic E-state index is 8.59. The maximum absolute atomic E-state index is 8.59. The standard InChI is InChI=1S/C15H15N3O/c1-11-8-15(16-9-13(11)10-17-19)18-7-6-12-4-2-3-5-14(12)18/h2-5,8-10,19H,6-7H2,1H3/b17-10+. The Balaban J connectivity index is 1.98. The van der Waals surface area contributed by atoms with Gasteiger partial charge in [0.15, 0.2) is 0 Å². The van der Waals surface area contributed by atoms with Crippen LogP contribution in [0.25, 0.3) is 0 Å². The summed E-state index contributed by atoms with van der Waals surface area (Å²) < 4.78 is 0. The summed E-state index contributed by atoms with van der Waals surface area (Å²) in [5, 5.41) is 11.6. The fourth-order valence-electron chi connectivity index (χ4n) is 2.47. The first-order valence-electron chi connectivity index (χ1n) is 6.29. The lowest BCUT2D eigenvalue weighted by molar-refractivity contribution is 0.322. The topological polar surface area (TPSA) is 48.7 Å². The number of hydrogen-bond acceptors (Lipinski definition) is 4. The largest absolute Gasteiger partial charge is 0.411 e. The quantitative estimate of drug-likeness (QED) is 0.508. The molecule has 1 aromatic heterocycles. The molecule has 2 aromatic rings. The minimum absolute atomic E-state index is 0.832. The third-order valence-corrected chi connectivity index (χ3v) is 3.50. The molecule has 4 nitrogen and oxygen atoms in total. The monoisotopic (exact) mass is 253 g/mol. The molecular formula is C15H15N3O. The molecule has 3 rings (SSSR count). The predicted octanol–water partition coefficient (Wildman–Crippen LogP) is 2.89. The van der Waals surface area contributed by atoms with Crippen molar-refractivity contribution in [3.63, 3.8) is 0 Å². The number of aromatic nitrogens is 1. The number of anilines is 2. The Labute approximate surface area is 112 Å². The number of aryl methyl sites for hydroxylation is 1. The van der Waals surface area contributed by atoms with Crippen LogP contribution in [0.15, 0.2) is 41.7 Å². The number of rotatable bonds is 2. The SMILES string of the molecule is Cc1cc(N2CCc3ccccc32)ncc1/C=N/O. The van der Waals surface area contributed by atoms with Gasteiger partial charge in [-0.25, -0.2) is 4.98 Å². The van der Waals surface area contributed by atoms with Crippen LogP contribution in [0.4, 0.5) is 11.5 Å². The van der Waals surface area contributed by atoms with Crippen molar-refractivity contribution in [2.24, 2.45) is 5.16 Å². The van der Waals surface area contributed by atoms with Gasteiger partial charge in [-0.05, 0) is 36.6 Å². The summed E-state index contributed by atoms with van der Waals surface area (Å²) in [7, 11) is 0. The van der Waals surface area contributed by atoms with Gasteiger partial charge in [0.05, 0.1) is 6.21 Å². The van der Waals surface area contributed by atoms with Gasteiger partial charge in [0.1, 0.15) is 5.82 Å². The molecule has 1 aliphatic heterocycles. The highest BCUT2D eigenvalue weighted by molar-refractivity contribution is 5.81. The first-order chi connectivity index (χ1) is 9.29. The molecule has 0 saturated carbocycles. The highest BCUT2D eigenvalue weighted by Crippen LogP contribution is 2.33. The van der Waals surface area contributed by atoms with Crippen molar-refractivity contribution in [2.45, 2.75) is 13.3 Å². The van der Waals surface area contributed by atoms with Crippen molar-refractivity contribution in [3.05, 3.63) is 53.2 Å². The number of fused-ring (bicyclic) bond motifs is 1. The van der Waals surface area contributed by atoms with E-state index in [0.29, 0.717) is 0 Å². The van der Waals surface area contributed by atoms with E-state index < -0.39 is 0 Å². The van der Waals surface area contributed by atoms with E-state index in [-0.39, 0.29) is 0 Å². The molecule has 0 radical (unpaired) electrons. The smallest absolute Gasteiger partial charge is 0.133 e. The van der Waals surface area contributed by atoms with Crippen molar-refractivity contribution < 1.29 is 5.21 Å². The van der Waals surface area contributed by atoms with Gasteiger partial charge in [0, 0.05) is 24.0 Å². The van der Waals surface area contributed by atoms with Crippen LogP contribution in [0.3, 0.4) is 0 Å². The Hall–Kier alpha value is -2.36. The van der Waals surface area contributed by atoms with E-state index >= 15 is 0 Å². The lowest BCUT2D eigenvalue weighted by atomic mass is 10.1. The molecule has 0 atom stereocenters. The van der Waals surface area contributed by atoms with Gasteiger partial charge in [-0.15, -0.1) is 0 Å². The molecule has 1 aromatic carbocycles. The Kier molecular flexibility index (Phi) is 2.91. The lowest BCUT2D eigenvalue weighted by Gasteiger charge is -2.19. The summed E-state index contributed by atoms with van der Waals surface area (Å²) in [6.07, 6.45) is 4.20. The predicted molar refractivity (Wildman–Crippen MR) is 75.5 cm³/mol. The van der Waals surface area contributed by atoms with Crippen LogP contribution in [0, 0.1) is 6.92 Å². The first kappa shape index (κ1) is 11.7. The van der Waals surface area contributed by atoms with Crippen molar-refractivity contribution in [3.8, 4) is 0 Å². The van der Waals surface area contributed by atoms with E-state index in [1.54, 1.807) is 6.20 Å². The maximum Gasteiger partial charge on any atom is 0.133 e. The third-order valence-electron chi connectivity index (χ3n) is 3.50. The van der Waals surface area contributed by atoms with Gasteiger partial charge in [-0.1, -0.05) is 23.4 Å². The minimum Gasteiger partial charge on any atom is -0.411 e. The number of para-hydroxylation sites is 1. The van der Waals surface area contributed by atoms with Gasteiger partial charge in [0.2, 0.25) is 0 Å². The summed E-state index contributed by atoms with van der Waals surface area (Å²) in [4.78, 5) is 6.69. The normalized spacial score (nSPS) is 14.1. The molecule has 4 heteroatoms. The van der Waals surface area contributed by atoms with E-state index in [1.807, 2.05) is 13.0 Å². The van der Waals surface area contributed by atoms with Crippen LogP contribution in [-0.4, -0.2) is 23.0 Å². The van der Waals surface area contributed by atoms with Crippen molar-refractivity contribution >= 4 is 17.7 Å². The lowest BCUT2D eigenvalue weighted by Crippen LogP contribution is -2.15. The van der Waals surface area contributed by atoms with Crippen molar-refractivity contribution in [1.29, 1.82) is 0 Å². The fraction of sp³-hybridized carbons (Fsp3) is 0.200. The summed E-state index contributed by atoms with van der Waals surface area (Å²) >= 11 is 0. The molecule has 0 saturated heterocycles. The summed E-state index contributed by atoms with van der Waals surface area (Å²) in [5.41, 5.74) is 4.48. The van der Waals surface area contributed by atoms with E-state index in [9.17, 15) is 0 Å². The van der Waals surface area contributed by atoms with E-state index in [2.05, 4.69) is 39.3 Å². The number of hydrogen-bond donors (Lipinski definition) is 1. The summed E-state index contributed by atoms with van der Waals surface area (Å²) in [6, 6.07) is 10.4. The second-order valence-corrected chi connectivity index (χ2v) is 4.67. The van der Waals surface area contributed by atoms with E-state index in [1.165, 1.54) is 17.5 Å². The molecular weight excluding hydrogens is 238 g/mol. The Bertz CT molecular complexity index is 637. The highest BCUT2D eigenvalue weighted by Gasteiger charge is 2.20. The molecule has 0 amide bonds. The van der Waals surface area contributed by atoms with Crippen LogP contribution < -0.4 is 4.90 Å². The number of benzene rings is 1. The van der Waals surface area contributed by atoms with Crippen molar-refractivity contribution in [1.82, 2.24) is 4.98 Å². The highest BCUT2D eigenvalue weighted by atomic mass is 16.4. The zero-order valence-electron chi connectivity index (χ0n) is 10.7. The number of pyridine rings is 1. The van der Waals surface area contributed by atoms with E-state index in [4.69, 9.17) is 5.21 Å². The molecule has 19 heavy (non-hydrogen) atoms. The van der Waals surface area contributed by atoms with Crippen LogP contribution in [0.5, 0.6) is 0 Å². The summed E-state index contributed by atoms with van der Waals surface area (Å²) in [6.45, 7) is 2.95. The molecule has 1 aliphatic rings. The Morgan fingerprint density at radius 3 is 3.00 bits per heavy atom. The second-order valence-electron chi connectivity index (χ2n) is 4.67. The van der Waals surface area contributed by atoms with Gasteiger partial charge < -0.3 is 10.1 Å². The van der Waals surface area contributed by atoms with Crippen LogP contribution in [0.1, 0.15) is 16.7 Å². The average Bonchev–Trinajstić information content (AvgIpc) is 2.85. The third kappa shape index (κ3) is 2.05. The molecule has 1 N–H and O–H groups in total. The Morgan fingerprint density at radius 1 is 1.37 bits per heavy atom. The van der Waals surface area contributed by atoms with E-state index in [0.717, 1.165) is 29.9 Å². The van der Waals surface area contributed by atoms with Gasteiger partial charge in [-0.2, -0.15) is 0 Å². The zero-order chi connectivity index (χ0) is 13.2. The van der Waals surface area contributed by atoms with Gasteiger partial charge >= 0.3 is 0 Å². The number of oxime groups is 1. The Morgan fingerprint density at radius 2 is 2.21 bits per heavy atom. The second kappa shape index (κ2) is 4.72. The molecule has 0 aliphatic carbocycles. The fourth-order valence-corrected chi connectivity index (χ4v) is 2.47. The van der Waals surface area contributed by atoms with Crippen molar-refractivity contribution in [2.75, 3.05) is 11.4 Å². The number of nitrogens with zero attached hydrogens (tertiary/aromatic N) is 3. The van der Waals surface area contributed by atoms with Gasteiger partial charge in [-0.3, -0.25) is 0 Å². The molecule has 96 valence electrons. The molecule has 0 fully saturated rings. The summed E-state index contributed by atoms with van der Waals surface area (Å²) in [5.74, 6) is 0.942. The van der Waals surface area contributed by atoms with Gasteiger partial charge in [0.25, 0.3) is 0 Å². The van der Waals surface area contributed by atoms with Crippen LogP contribution >= 0.6 is 0 Å². The first-order valence-corrected chi connectivity index (χ1v) is 6.29. The average molecular weight is 253 g/mol. The zero-order valence-corrected chi connectivity index (χ0v) is 10.7. The molecule has 0 bridgehead atoms. The molecule has 2 heterocycles. The molecule has 0 spiro atoms. The molecule has 0 unspecified atom stereocenters. The van der Waals surface area contributed by atoms with Crippen LogP contribution in [-0.2, 0) is 6.42 Å². The minimum atomic E-state index is 0.832.